The SMILES string of the molecule is Cc1ccc([C@@]2(NC(=O)c3ccc(Br)o3)CCOc3cccnc32)cc1F. The van der Waals surface area contributed by atoms with Gasteiger partial charge < -0.3 is 14.5 Å². The standard InChI is InChI=1S/C20H16BrFN2O3/c1-12-4-5-13(11-14(12)22)20(24-19(25)16-6-7-17(21)27-16)8-10-26-15-3-2-9-23-18(15)20/h2-7,9,11H,8,10H2,1H3,(H,24,25)/t20-/m0/s1. The number of pyridine rings is 1. The Morgan fingerprint density at radius 3 is 2.89 bits per heavy atom. The van der Waals surface area contributed by atoms with Crippen LogP contribution in [0.2, 0.25) is 0 Å². The molecule has 0 saturated carbocycles. The van der Waals surface area contributed by atoms with Crippen molar-refractivity contribution in [2.45, 2.75) is 18.9 Å². The van der Waals surface area contributed by atoms with Crippen molar-refractivity contribution in [3.8, 4) is 5.75 Å². The van der Waals surface area contributed by atoms with Crippen LogP contribution in [0.5, 0.6) is 5.75 Å². The van der Waals surface area contributed by atoms with Crippen LogP contribution in [0.25, 0.3) is 0 Å². The van der Waals surface area contributed by atoms with Crippen molar-refractivity contribution in [2.24, 2.45) is 0 Å². The molecular formula is C20H16BrFN2O3. The van der Waals surface area contributed by atoms with E-state index in [0.29, 0.717) is 40.3 Å². The lowest BCUT2D eigenvalue weighted by atomic mass is 9.81. The van der Waals surface area contributed by atoms with Gasteiger partial charge in [-0.15, -0.1) is 0 Å². The van der Waals surface area contributed by atoms with Gasteiger partial charge in [-0.05, 0) is 64.3 Å². The summed E-state index contributed by atoms with van der Waals surface area (Å²) in [6.07, 6.45) is 2.04. The number of hydrogen-bond acceptors (Lipinski definition) is 4. The maximum atomic E-state index is 14.4. The van der Waals surface area contributed by atoms with E-state index in [-0.39, 0.29) is 11.6 Å². The van der Waals surface area contributed by atoms with Gasteiger partial charge in [0.05, 0.1) is 6.61 Å². The fraction of sp³-hybridized carbons (Fsp3) is 0.200. The first kappa shape index (κ1) is 17.7. The number of amides is 1. The molecule has 0 aliphatic carbocycles. The van der Waals surface area contributed by atoms with Crippen LogP contribution in [0, 0.1) is 12.7 Å². The van der Waals surface area contributed by atoms with Gasteiger partial charge >= 0.3 is 0 Å². The van der Waals surface area contributed by atoms with Crippen molar-refractivity contribution in [3.05, 3.63) is 81.7 Å². The fourth-order valence-electron chi connectivity index (χ4n) is 3.28. The van der Waals surface area contributed by atoms with Crippen molar-refractivity contribution in [2.75, 3.05) is 6.61 Å². The van der Waals surface area contributed by atoms with Gasteiger partial charge in [0.15, 0.2) is 10.4 Å². The fourth-order valence-corrected chi connectivity index (χ4v) is 3.59. The topological polar surface area (TPSA) is 64.4 Å². The number of fused-ring (bicyclic) bond motifs is 1. The van der Waals surface area contributed by atoms with Crippen molar-refractivity contribution in [1.82, 2.24) is 10.3 Å². The number of benzene rings is 1. The third kappa shape index (κ3) is 3.12. The minimum Gasteiger partial charge on any atom is -0.491 e. The molecule has 5 nitrogen and oxygen atoms in total. The lowest BCUT2D eigenvalue weighted by molar-refractivity contribution is 0.0853. The molecule has 3 aromatic rings. The zero-order chi connectivity index (χ0) is 19.0. The highest BCUT2D eigenvalue weighted by molar-refractivity contribution is 9.10. The molecule has 0 spiro atoms. The molecule has 1 aromatic carbocycles. The molecule has 1 aliphatic heterocycles. The number of ether oxygens (including phenoxy) is 1. The number of furan rings is 1. The molecule has 27 heavy (non-hydrogen) atoms. The second-order valence-electron chi connectivity index (χ2n) is 6.38. The summed E-state index contributed by atoms with van der Waals surface area (Å²) in [7, 11) is 0. The Morgan fingerprint density at radius 1 is 1.30 bits per heavy atom. The molecular weight excluding hydrogens is 415 g/mol. The van der Waals surface area contributed by atoms with Gasteiger partial charge in [-0.2, -0.15) is 0 Å². The summed E-state index contributed by atoms with van der Waals surface area (Å²) in [6, 6.07) is 11.7. The van der Waals surface area contributed by atoms with Gasteiger partial charge in [0, 0.05) is 12.6 Å². The molecule has 4 rings (SSSR count). The monoisotopic (exact) mass is 430 g/mol. The second-order valence-corrected chi connectivity index (χ2v) is 7.16. The van der Waals surface area contributed by atoms with Gasteiger partial charge in [0.1, 0.15) is 22.8 Å². The molecule has 0 saturated heterocycles. The lowest BCUT2D eigenvalue weighted by Gasteiger charge is -2.38. The van der Waals surface area contributed by atoms with Crippen LogP contribution in [-0.4, -0.2) is 17.5 Å². The third-order valence-corrected chi connectivity index (χ3v) is 5.12. The van der Waals surface area contributed by atoms with Crippen molar-refractivity contribution < 1.29 is 18.3 Å². The van der Waals surface area contributed by atoms with Crippen molar-refractivity contribution >= 4 is 21.8 Å². The highest BCUT2D eigenvalue weighted by Crippen LogP contribution is 2.41. The van der Waals surface area contributed by atoms with E-state index >= 15 is 0 Å². The number of rotatable bonds is 3. The number of carbonyl (C=O) groups excluding carboxylic acids is 1. The van der Waals surface area contributed by atoms with E-state index in [1.807, 2.05) is 0 Å². The summed E-state index contributed by atoms with van der Waals surface area (Å²) in [5, 5.41) is 3.02. The maximum absolute atomic E-state index is 14.4. The Morgan fingerprint density at radius 2 is 2.15 bits per heavy atom. The van der Waals surface area contributed by atoms with Gasteiger partial charge in [-0.1, -0.05) is 12.1 Å². The van der Waals surface area contributed by atoms with Crippen LogP contribution in [0.4, 0.5) is 4.39 Å². The van der Waals surface area contributed by atoms with E-state index in [1.54, 1.807) is 49.5 Å². The first-order chi connectivity index (χ1) is 13.0. The lowest BCUT2D eigenvalue weighted by Crippen LogP contribution is -2.50. The van der Waals surface area contributed by atoms with Crippen molar-refractivity contribution in [3.63, 3.8) is 0 Å². The minimum atomic E-state index is -1.03. The second kappa shape index (κ2) is 6.81. The third-order valence-electron chi connectivity index (χ3n) is 4.70. The van der Waals surface area contributed by atoms with Crippen molar-refractivity contribution in [1.29, 1.82) is 0 Å². The molecule has 0 bridgehead atoms. The van der Waals surface area contributed by atoms with Gasteiger partial charge in [0.2, 0.25) is 0 Å². The van der Waals surface area contributed by atoms with Gasteiger partial charge in [-0.3, -0.25) is 9.78 Å². The predicted octanol–water partition coefficient (Wildman–Crippen LogP) is 4.34. The number of carbonyl (C=O) groups is 1. The molecule has 0 radical (unpaired) electrons. The van der Waals surface area contributed by atoms with Gasteiger partial charge in [-0.25, -0.2) is 4.39 Å². The van der Waals surface area contributed by atoms with Crippen LogP contribution < -0.4 is 10.1 Å². The average Bonchev–Trinajstić information content (AvgIpc) is 3.11. The zero-order valence-electron chi connectivity index (χ0n) is 14.5. The van der Waals surface area contributed by atoms with Crippen LogP contribution >= 0.6 is 15.9 Å². The van der Waals surface area contributed by atoms with E-state index in [2.05, 4.69) is 26.2 Å². The highest BCUT2D eigenvalue weighted by Gasteiger charge is 2.43. The average molecular weight is 431 g/mol. The van der Waals surface area contributed by atoms with Crippen LogP contribution in [-0.2, 0) is 5.54 Å². The largest absolute Gasteiger partial charge is 0.491 e. The van der Waals surface area contributed by atoms with Crippen LogP contribution in [0.3, 0.4) is 0 Å². The van der Waals surface area contributed by atoms with Gasteiger partial charge in [0.25, 0.3) is 5.91 Å². The summed E-state index contributed by atoms with van der Waals surface area (Å²) >= 11 is 3.20. The molecule has 1 amide bonds. The van der Waals surface area contributed by atoms with E-state index in [0.717, 1.165) is 0 Å². The molecule has 2 aromatic heterocycles. The zero-order valence-corrected chi connectivity index (χ0v) is 16.0. The first-order valence-electron chi connectivity index (χ1n) is 8.42. The summed E-state index contributed by atoms with van der Waals surface area (Å²) in [5.74, 6) is -0.0468. The normalized spacial score (nSPS) is 18.5. The number of aryl methyl sites for hydroxylation is 1. The molecule has 0 fully saturated rings. The summed E-state index contributed by atoms with van der Waals surface area (Å²) in [5.41, 5.74) is 0.648. The predicted molar refractivity (Wildman–Crippen MR) is 100 cm³/mol. The van der Waals surface area contributed by atoms with E-state index in [4.69, 9.17) is 9.15 Å². The summed E-state index contributed by atoms with van der Waals surface area (Å²) in [4.78, 5) is 17.3. The quantitative estimate of drug-likeness (QED) is 0.670. The highest BCUT2D eigenvalue weighted by atomic mass is 79.9. The summed E-state index contributed by atoms with van der Waals surface area (Å²) < 4.78 is 25.9. The molecule has 1 aliphatic rings. The Labute approximate surface area is 163 Å². The number of aromatic nitrogens is 1. The molecule has 0 unspecified atom stereocenters. The van der Waals surface area contributed by atoms with E-state index < -0.39 is 11.4 Å². The summed E-state index contributed by atoms with van der Waals surface area (Å²) in [6.45, 7) is 2.05. The Hall–Kier alpha value is -2.67. The molecule has 3 heterocycles. The van der Waals surface area contributed by atoms with E-state index in [9.17, 15) is 9.18 Å². The number of halogens is 2. The smallest absolute Gasteiger partial charge is 0.288 e. The molecule has 1 atom stereocenters. The minimum absolute atomic E-state index is 0.151. The number of nitrogens with zero attached hydrogens (tertiary/aromatic N) is 1. The molecule has 1 N–H and O–H groups in total. The Kier molecular flexibility index (Phi) is 4.47. The number of nitrogens with one attached hydrogen (secondary N) is 1. The number of hydrogen-bond donors (Lipinski definition) is 1. The Bertz CT molecular complexity index is 1020. The van der Waals surface area contributed by atoms with Crippen LogP contribution in [0.1, 0.15) is 33.8 Å². The van der Waals surface area contributed by atoms with E-state index in [1.165, 1.54) is 6.07 Å². The first-order valence-corrected chi connectivity index (χ1v) is 9.22. The maximum Gasteiger partial charge on any atom is 0.288 e. The Balaban J connectivity index is 1.86. The molecule has 138 valence electrons. The van der Waals surface area contributed by atoms with Crippen LogP contribution in [0.15, 0.2) is 57.7 Å². The molecule has 7 heteroatoms.